The molecule has 2 rings (SSSR count). The highest BCUT2D eigenvalue weighted by molar-refractivity contribution is 7.87. The van der Waals surface area contributed by atoms with Crippen molar-refractivity contribution in [1.29, 1.82) is 0 Å². The van der Waals surface area contributed by atoms with Gasteiger partial charge in [-0.2, -0.15) is 8.42 Å². The number of aliphatic carboxylic acids is 1. The average molecular weight is 285 g/mol. The molecule has 1 aromatic rings. The largest absolute Gasteiger partial charge is 0.480 e. The Bertz CT molecular complexity index is 571. The molecule has 0 aromatic heterocycles. The third-order valence-electron chi connectivity index (χ3n) is 3.19. The van der Waals surface area contributed by atoms with Crippen molar-refractivity contribution >= 4 is 16.1 Å². The van der Waals surface area contributed by atoms with Crippen LogP contribution in [0.1, 0.15) is 13.3 Å². The van der Waals surface area contributed by atoms with Gasteiger partial charge in [0, 0.05) is 6.54 Å². The number of hydrogen-bond donors (Lipinski definition) is 2. The Kier molecular flexibility index (Phi) is 3.51. The number of benzene rings is 1. The van der Waals surface area contributed by atoms with Crippen molar-refractivity contribution in [1.82, 2.24) is 5.32 Å². The van der Waals surface area contributed by atoms with Crippen molar-refractivity contribution in [3.63, 3.8) is 0 Å². The second-order valence-electron chi connectivity index (χ2n) is 4.73. The maximum Gasteiger partial charge on any atom is 0.323 e. The van der Waals surface area contributed by atoms with Gasteiger partial charge in [-0.25, -0.2) is 0 Å². The maximum atomic E-state index is 12.1. The number of carboxylic acids is 1. The first-order chi connectivity index (χ1) is 8.83. The van der Waals surface area contributed by atoms with E-state index in [9.17, 15) is 13.2 Å². The van der Waals surface area contributed by atoms with E-state index in [1.165, 1.54) is 19.1 Å². The summed E-state index contributed by atoms with van der Waals surface area (Å²) in [6, 6.07) is 8.16. The first-order valence-corrected chi connectivity index (χ1v) is 7.27. The van der Waals surface area contributed by atoms with Crippen LogP contribution in [0, 0.1) is 0 Å². The van der Waals surface area contributed by atoms with E-state index < -0.39 is 26.9 Å². The first kappa shape index (κ1) is 13.8. The van der Waals surface area contributed by atoms with Gasteiger partial charge in [0.05, 0.1) is 0 Å². The van der Waals surface area contributed by atoms with Gasteiger partial charge in [0.25, 0.3) is 0 Å². The molecule has 0 aliphatic carbocycles. The number of para-hydroxylation sites is 1. The molecule has 6 nitrogen and oxygen atoms in total. The highest BCUT2D eigenvalue weighted by atomic mass is 32.2. The summed E-state index contributed by atoms with van der Waals surface area (Å²) in [7, 11) is -3.84. The van der Waals surface area contributed by atoms with Crippen LogP contribution in [0.25, 0.3) is 0 Å². The van der Waals surface area contributed by atoms with Crippen molar-refractivity contribution in [3.8, 4) is 5.75 Å². The predicted octanol–water partition coefficient (Wildman–Crippen LogP) is 0.600. The molecule has 1 heterocycles. The minimum Gasteiger partial charge on any atom is -0.480 e. The maximum absolute atomic E-state index is 12.1. The van der Waals surface area contributed by atoms with Crippen LogP contribution in [0.4, 0.5) is 0 Å². The lowest BCUT2D eigenvalue weighted by Gasteiger charge is -2.18. The van der Waals surface area contributed by atoms with Gasteiger partial charge >= 0.3 is 16.1 Å². The Labute approximate surface area is 111 Å². The zero-order valence-electron chi connectivity index (χ0n) is 10.4. The van der Waals surface area contributed by atoms with Gasteiger partial charge < -0.3 is 14.6 Å². The van der Waals surface area contributed by atoms with Crippen LogP contribution in [0.3, 0.4) is 0 Å². The Morgan fingerprint density at radius 1 is 1.42 bits per heavy atom. The van der Waals surface area contributed by atoms with Crippen LogP contribution in [0.2, 0.25) is 0 Å². The summed E-state index contributed by atoms with van der Waals surface area (Å²) in [5.74, 6) is -0.837. The smallest absolute Gasteiger partial charge is 0.323 e. The Hall–Kier alpha value is -1.60. The summed E-state index contributed by atoms with van der Waals surface area (Å²) >= 11 is 0. The normalized spacial score (nSPS) is 27.1. The number of nitrogens with one attached hydrogen (secondary N) is 1. The minimum absolute atomic E-state index is 0.0164. The van der Waals surface area contributed by atoms with Crippen LogP contribution in [0.5, 0.6) is 5.75 Å². The Morgan fingerprint density at radius 2 is 2.05 bits per heavy atom. The van der Waals surface area contributed by atoms with Crippen molar-refractivity contribution in [2.75, 3.05) is 6.54 Å². The van der Waals surface area contributed by atoms with Gasteiger partial charge in [-0.15, -0.1) is 0 Å². The first-order valence-electron chi connectivity index (χ1n) is 5.80. The van der Waals surface area contributed by atoms with Crippen LogP contribution in [-0.2, 0) is 14.9 Å². The molecule has 0 unspecified atom stereocenters. The van der Waals surface area contributed by atoms with Crippen molar-refractivity contribution in [3.05, 3.63) is 30.3 Å². The van der Waals surface area contributed by atoms with Gasteiger partial charge in [-0.05, 0) is 25.5 Å². The van der Waals surface area contributed by atoms with Gasteiger partial charge in [-0.3, -0.25) is 4.79 Å². The molecule has 1 aliphatic rings. The zero-order chi connectivity index (χ0) is 14.1. The fourth-order valence-electron chi connectivity index (χ4n) is 1.98. The fourth-order valence-corrected chi connectivity index (χ4v) is 3.32. The molecule has 104 valence electrons. The third kappa shape index (κ3) is 2.87. The summed E-state index contributed by atoms with van der Waals surface area (Å²) < 4.78 is 29.1. The molecule has 7 heteroatoms. The lowest BCUT2D eigenvalue weighted by atomic mass is 10.0. The van der Waals surface area contributed by atoms with E-state index in [-0.39, 0.29) is 18.7 Å². The van der Waals surface area contributed by atoms with Crippen molar-refractivity contribution < 1.29 is 22.5 Å². The lowest BCUT2D eigenvalue weighted by molar-refractivity contribution is -0.143. The van der Waals surface area contributed by atoms with Crippen molar-refractivity contribution in [2.24, 2.45) is 0 Å². The van der Waals surface area contributed by atoms with E-state index in [1.807, 2.05) is 0 Å². The fraction of sp³-hybridized carbons (Fsp3) is 0.417. The molecule has 0 radical (unpaired) electrons. The molecule has 1 saturated heterocycles. The quantitative estimate of drug-likeness (QED) is 0.787. The standard InChI is InChI=1S/C12H15NO5S/c1-12(11(14)15)7-10(8-13-12)19(16,17)18-9-5-3-2-4-6-9/h2-6,10,13H,7-8H2,1H3,(H,14,15)/t10-,12+/m1/s1. The summed E-state index contributed by atoms with van der Waals surface area (Å²) in [4.78, 5) is 11.1. The van der Waals surface area contributed by atoms with Gasteiger partial charge in [0.15, 0.2) is 0 Å². The van der Waals surface area contributed by atoms with Crippen LogP contribution >= 0.6 is 0 Å². The summed E-state index contributed by atoms with van der Waals surface area (Å²) in [5.41, 5.74) is -1.22. The minimum atomic E-state index is -3.84. The van der Waals surface area contributed by atoms with E-state index in [2.05, 4.69) is 5.32 Å². The van der Waals surface area contributed by atoms with Crippen LogP contribution in [-0.4, -0.2) is 36.8 Å². The zero-order valence-corrected chi connectivity index (χ0v) is 11.2. The van der Waals surface area contributed by atoms with E-state index in [4.69, 9.17) is 9.29 Å². The van der Waals surface area contributed by atoms with Gasteiger partial charge in [-0.1, -0.05) is 18.2 Å². The number of carbonyl (C=O) groups is 1. The molecule has 19 heavy (non-hydrogen) atoms. The van der Waals surface area contributed by atoms with Crippen molar-refractivity contribution in [2.45, 2.75) is 24.1 Å². The molecule has 0 spiro atoms. The summed E-state index contributed by atoms with van der Waals surface area (Å²) in [6.07, 6.45) is -0.0164. The molecule has 1 aliphatic heterocycles. The third-order valence-corrected chi connectivity index (χ3v) is 4.77. The summed E-state index contributed by atoms with van der Waals surface area (Å²) in [6.45, 7) is 1.53. The second kappa shape index (κ2) is 4.82. The topological polar surface area (TPSA) is 92.7 Å². The highest BCUT2D eigenvalue weighted by Gasteiger charge is 2.46. The lowest BCUT2D eigenvalue weighted by Crippen LogP contribution is -2.44. The summed E-state index contributed by atoms with van der Waals surface area (Å²) in [5, 5.41) is 10.9. The van der Waals surface area contributed by atoms with Crippen LogP contribution in [0.15, 0.2) is 30.3 Å². The average Bonchev–Trinajstić information content (AvgIpc) is 2.75. The molecule has 1 aromatic carbocycles. The highest BCUT2D eigenvalue weighted by Crippen LogP contribution is 2.26. The molecule has 0 saturated carbocycles. The molecule has 2 atom stereocenters. The van der Waals surface area contributed by atoms with Crippen LogP contribution < -0.4 is 9.50 Å². The Morgan fingerprint density at radius 3 is 2.58 bits per heavy atom. The van der Waals surface area contributed by atoms with E-state index >= 15 is 0 Å². The van der Waals surface area contributed by atoms with E-state index in [0.717, 1.165) is 0 Å². The predicted molar refractivity (Wildman–Crippen MR) is 68.4 cm³/mol. The van der Waals surface area contributed by atoms with Gasteiger partial charge in [0.1, 0.15) is 16.5 Å². The SMILES string of the molecule is C[C@@]1(C(=O)O)C[C@@H](S(=O)(=O)Oc2ccccc2)CN1. The number of carboxylic acid groups (broad SMARTS) is 1. The number of hydrogen-bond acceptors (Lipinski definition) is 5. The Balaban J connectivity index is 2.12. The number of rotatable bonds is 4. The molecule has 2 N–H and O–H groups in total. The molecule has 0 bridgehead atoms. The monoisotopic (exact) mass is 285 g/mol. The second-order valence-corrected chi connectivity index (χ2v) is 6.55. The molecule has 0 amide bonds. The van der Waals surface area contributed by atoms with E-state index in [0.29, 0.717) is 0 Å². The molecule has 1 fully saturated rings. The van der Waals surface area contributed by atoms with E-state index in [1.54, 1.807) is 18.2 Å². The molecular weight excluding hydrogens is 270 g/mol. The molecular formula is C12H15NO5S. The van der Waals surface area contributed by atoms with Gasteiger partial charge in [0.2, 0.25) is 0 Å².